The molecule has 2 amide bonds. The summed E-state index contributed by atoms with van der Waals surface area (Å²) in [6, 6.07) is 9.77. The van der Waals surface area contributed by atoms with E-state index in [-0.39, 0.29) is 36.6 Å². The highest BCUT2D eigenvalue weighted by molar-refractivity contribution is 5.85. The maximum absolute atomic E-state index is 12.5. The first-order valence-corrected chi connectivity index (χ1v) is 9.60. The van der Waals surface area contributed by atoms with E-state index in [1.807, 2.05) is 30.1 Å². The van der Waals surface area contributed by atoms with Crippen molar-refractivity contribution in [3.63, 3.8) is 0 Å². The summed E-state index contributed by atoms with van der Waals surface area (Å²) < 4.78 is 1.66. The average molecular weight is 457 g/mol. The maximum atomic E-state index is 12.5. The number of rotatable bonds is 7. The van der Waals surface area contributed by atoms with E-state index in [9.17, 15) is 9.59 Å². The largest absolute Gasteiger partial charge is 0.368 e. The van der Waals surface area contributed by atoms with Gasteiger partial charge < -0.3 is 20.4 Å². The SMILES string of the molecule is CNC(C(=O)NCCC(=O)N1CCN(c2ccccc2)CC1)c1cnn(C)c1.Cl.Cl. The summed E-state index contributed by atoms with van der Waals surface area (Å²) in [6.45, 7) is 3.39. The Hall–Kier alpha value is -2.29. The number of amides is 2. The van der Waals surface area contributed by atoms with Crippen molar-refractivity contribution >= 4 is 42.3 Å². The number of piperazine rings is 1. The van der Waals surface area contributed by atoms with E-state index in [0.717, 1.165) is 18.7 Å². The topological polar surface area (TPSA) is 82.5 Å². The van der Waals surface area contributed by atoms with Crippen LogP contribution in [-0.4, -0.2) is 66.3 Å². The minimum absolute atomic E-state index is 0. The number of anilines is 1. The van der Waals surface area contributed by atoms with E-state index < -0.39 is 6.04 Å². The Morgan fingerprint density at radius 2 is 1.77 bits per heavy atom. The molecular weight excluding hydrogens is 427 g/mol. The first-order valence-electron chi connectivity index (χ1n) is 9.60. The Labute approximate surface area is 189 Å². The van der Waals surface area contributed by atoms with Crippen molar-refractivity contribution in [2.24, 2.45) is 7.05 Å². The highest BCUT2D eigenvalue weighted by atomic mass is 35.5. The van der Waals surface area contributed by atoms with Crippen LogP contribution in [0.5, 0.6) is 0 Å². The average Bonchev–Trinajstić information content (AvgIpc) is 3.15. The number of nitrogens with zero attached hydrogens (tertiary/aromatic N) is 4. The molecule has 0 saturated carbocycles. The summed E-state index contributed by atoms with van der Waals surface area (Å²) in [5, 5.41) is 9.93. The number of nitrogens with one attached hydrogen (secondary N) is 2. The highest BCUT2D eigenvalue weighted by Gasteiger charge is 2.23. The molecule has 0 radical (unpaired) electrons. The molecule has 1 fully saturated rings. The lowest BCUT2D eigenvalue weighted by molar-refractivity contribution is -0.131. The summed E-state index contributed by atoms with van der Waals surface area (Å²) in [5.74, 6) is -0.0763. The third-order valence-electron chi connectivity index (χ3n) is 5.00. The fraction of sp³-hybridized carbons (Fsp3) is 0.450. The van der Waals surface area contributed by atoms with E-state index in [1.165, 1.54) is 5.69 Å². The van der Waals surface area contributed by atoms with Gasteiger partial charge in [0.2, 0.25) is 11.8 Å². The summed E-state index contributed by atoms with van der Waals surface area (Å²) in [5.41, 5.74) is 1.99. The maximum Gasteiger partial charge on any atom is 0.241 e. The van der Waals surface area contributed by atoms with Gasteiger partial charge in [-0.3, -0.25) is 14.3 Å². The van der Waals surface area contributed by atoms with Gasteiger partial charge in [0.25, 0.3) is 0 Å². The number of para-hydroxylation sites is 1. The predicted octanol–water partition coefficient (Wildman–Crippen LogP) is 1.38. The molecule has 2 aromatic rings. The van der Waals surface area contributed by atoms with Crippen molar-refractivity contribution in [2.45, 2.75) is 12.5 Å². The van der Waals surface area contributed by atoms with E-state index in [2.05, 4.69) is 32.8 Å². The van der Waals surface area contributed by atoms with E-state index in [1.54, 1.807) is 24.1 Å². The zero-order chi connectivity index (χ0) is 19.9. The van der Waals surface area contributed by atoms with Crippen LogP contribution in [0.25, 0.3) is 0 Å². The van der Waals surface area contributed by atoms with Gasteiger partial charge in [-0.1, -0.05) is 18.2 Å². The Morgan fingerprint density at radius 3 is 2.33 bits per heavy atom. The van der Waals surface area contributed by atoms with Crippen molar-refractivity contribution < 1.29 is 9.59 Å². The molecule has 1 saturated heterocycles. The van der Waals surface area contributed by atoms with Crippen molar-refractivity contribution in [1.29, 1.82) is 0 Å². The van der Waals surface area contributed by atoms with Gasteiger partial charge in [-0.15, -0.1) is 24.8 Å². The van der Waals surface area contributed by atoms with E-state index in [4.69, 9.17) is 0 Å². The smallest absolute Gasteiger partial charge is 0.241 e. The molecule has 1 atom stereocenters. The summed E-state index contributed by atoms with van der Waals surface area (Å²) >= 11 is 0. The highest BCUT2D eigenvalue weighted by Crippen LogP contribution is 2.16. The quantitative estimate of drug-likeness (QED) is 0.657. The Balaban J connectivity index is 0.00000225. The molecule has 1 aliphatic heterocycles. The van der Waals surface area contributed by atoms with Gasteiger partial charge in [0, 0.05) is 63.6 Å². The zero-order valence-corrected chi connectivity index (χ0v) is 18.9. The number of aryl methyl sites for hydroxylation is 1. The van der Waals surface area contributed by atoms with Crippen molar-refractivity contribution in [1.82, 2.24) is 25.3 Å². The monoisotopic (exact) mass is 456 g/mol. The second kappa shape index (κ2) is 12.4. The summed E-state index contributed by atoms with van der Waals surface area (Å²) in [7, 11) is 3.54. The zero-order valence-electron chi connectivity index (χ0n) is 17.3. The molecule has 10 heteroatoms. The van der Waals surface area contributed by atoms with Crippen LogP contribution in [-0.2, 0) is 16.6 Å². The number of likely N-dealkylation sites (N-methyl/N-ethyl adjacent to an activating group) is 1. The molecule has 2 heterocycles. The lowest BCUT2D eigenvalue weighted by Gasteiger charge is -2.36. The lowest BCUT2D eigenvalue weighted by Crippen LogP contribution is -2.49. The van der Waals surface area contributed by atoms with Crippen LogP contribution in [0.3, 0.4) is 0 Å². The number of hydrogen-bond acceptors (Lipinski definition) is 5. The van der Waals surface area contributed by atoms with Crippen LogP contribution in [0.1, 0.15) is 18.0 Å². The number of benzene rings is 1. The van der Waals surface area contributed by atoms with Gasteiger partial charge >= 0.3 is 0 Å². The van der Waals surface area contributed by atoms with Crippen LogP contribution >= 0.6 is 24.8 Å². The van der Waals surface area contributed by atoms with Gasteiger partial charge in [0.15, 0.2) is 0 Å². The van der Waals surface area contributed by atoms with Crippen LogP contribution in [0, 0.1) is 0 Å². The third-order valence-corrected chi connectivity index (χ3v) is 5.00. The Bertz CT molecular complexity index is 794. The van der Waals surface area contributed by atoms with Gasteiger partial charge in [0.1, 0.15) is 6.04 Å². The molecule has 0 bridgehead atoms. The second-order valence-electron chi connectivity index (χ2n) is 6.91. The minimum atomic E-state index is -0.474. The summed E-state index contributed by atoms with van der Waals surface area (Å²) in [4.78, 5) is 29.0. The predicted molar refractivity (Wildman–Crippen MR) is 122 cm³/mol. The molecule has 0 spiro atoms. The van der Waals surface area contributed by atoms with Gasteiger partial charge in [-0.25, -0.2) is 0 Å². The van der Waals surface area contributed by atoms with Crippen LogP contribution in [0.2, 0.25) is 0 Å². The molecule has 1 aromatic carbocycles. The third kappa shape index (κ3) is 6.62. The summed E-state index contributed by atoms with van der Waals surface area (Å²) in [6.07, 6.45) is 3.77. The van der Waals surface area contributed by atoms with Gasteiger partial charge in [-0.05, 0) is 19.2 Å². The van der Waals surface area contributed by atoms with E-state index in [0.29, 0.717) is 26.1 Å². The number of carbonyl (C=O) groups is 2. The Morgan fingerprint density at radius 1 is 1.10 bits per heavy atom. The molecule has 1 aromatic heterocycles. The second-order valence-corrected chi connectivity index (χ2v) is 6.91. The van der Waals surface area contributed by atoms with E-state index >= 15 is 0 Å². The fourth-order valence-electron chi connectivity index (χ4n) is 3.44. The molecule has 8 nitrogen and oxygen atoms in total. The molecule has 3 rings (SSSR count). The number of carbonyl (C=O) groups excluding carboxylic acids is 2. The molecule has 30 heavy (non-hydrogen) atoms. The standard InChI is InChI=1S/C20H28N6O2.2ClH/c1-21-19(16-14-23-24(2)15-16)20(28)22-9-8-18(27)26-12-10-25(11-13-26)17-6-4-3-5-7-17;;/h3-7,14-15,19,21H,8-13H2,1-2H3,(H,22,28);2*1H. The van der Waals surface area contributed by atoms with Gasteiger partial charge in [0.05, 0.1) is 6.20 Å². The number of hydrogen-bond donors (Lipinski definition) is 2. The lowest BCUT2D eigenvalue weighted by atomic mass is 10.1. The number of aromatic nitrogens is 2. The number of halogens is 2. The van der Waals surface area contributed by atoms with Crippen LogP contribution in [0.4, 0.5) is 5.69 Å². The molecule has 0 aliphatic carbocycles. The molecule has 1 unspecified atom stereocenters. The molecule has 1 aliphatic rings. The molecular formula is C20H30Cl2N6O2. The Kier molecular flexibility index (Phi) is 10.7. The van der Waals surface area contributed by atoms with Crippen molar-refractivity contribution in [2.75, 3.05) is 44.7 Å². The molecule has 2 N–H and O–H groups in total. The van der Waals surface area contributed by atoms with Crippen molar-refractivity contribution in [3.8, 4) is 0 Å². The van der Waals surface area contributed by atoms with Crippen molar-refractivity contribution in [3.05, 3.63) is 48.3 Å². The van der Waals surface area contributed by atoms with Crippen LogP contribution in [0.15, 0.2) is 42.7 Å². The normalized spacial score (nSPS) is 14.3. The van der Waals surface area contributed by atoms with Crippen LogP contribution < -0.4 is 15.5 Å². The fourth-order valence-corrected chi connectivity index (χ4v) is 3.44. The van der Waals surface area contributed by atoms with Gasteiger partial charge in [-0.2, -0.15) is 5.10 Å². The first-order chi connectivity index (χ1) is 13.6. The first kappa shape index (κ1) is 25.7. The molecule has 166 valence electrons. The minimum Gasteiger partial charge on any atom is -0.368 e.